The van der Waals surface area contributed by atoms with Crippen molar-refractivity contribution >= 4 is 28.4 Å². The van der Waals surface area contributed by atoms with Crippen LogP contribution in [-0.4, -0.2) is 24.1 Å². The van der Waals surface area contributed by atoms with E-state index in [0.29, 0.717) is 11.1 Å². The Labute approximate surface area is 174 Å². The number of hydrogen-bond acceptors (Lipinski definition) is 4. The van der Waals surface area contributed by atoms with E-state index in [-0.39, 0.29) is 5.56 Å². The fourth-order valence-corrected chi connectivity index (χ4v) is 3.27. The summed E-state index contributed by atoms with van der Waals surface area (Å²) in [6.07, 6.45) is 3.18. The van der Waals surface area contributed by atoms with E-state index in [1.807, 2.05) is 91.8 Å². The SMILES string of the molecule is CN(C)c1ccc(C=C(C#N)c2ccc(-c3ccc4[nH]c(=O)cnc4c3)cc2)cc1. The van der Waals surface area contributed by atoms with Gasteiger partial charge in [-0.25, -0.2) is 4.98 Å². The molecule has 0 atom stereocenters. The van der Waals surface area contributed by atoms with Crippen molar-refractivity contribution in [3.8, 4) is 17.2 Å². The average Bonchev–Trinajstić information content (AvgIpc) is 2.77. The number of H-pyrrole nitrogens is 1. The van der Waals surface area contributed by atoms with Crippen LogP contribution in [0.25, 0.3) is 33.8 Å². The Morgan fingerprint density at radius 1 is 1.00 bits per heavy atom. The topological polar surface area (TPSA) is 72.8 Å². The predicted molar refractivity (Wildman–Crippen MR) is 122 cm³/mol. The third-order valence-electron chi connectivity index (χ3n) is 4.95. The zero-order chi connectivity index (χ0) is 21.1. The first kappa shape index (κ1) is 19.2. The zero-order valence-corrected chi connectivity index (χ0v) is 16.8. The van der Waals surface area contributed by atoms with E-state index >= 15 is 0 Å². The van der Waals surface area contributed by atoms with E-state index in [1.54, 1.807) is 0 Å². The van der Waals surface area contributed by atoms with Crippen molar-refractivity contribution in [2.24, 2.45) is 0 Å². The van der Waals surface area contributed by atoms with Gasteiger partial charge in [-0.3, -0.25) is 4.79 Å². The number of aromatic nitrogens is 2. The molecule has 1 N–H and O–H groups in total. The minimum Gasteiger partial charge on any atom is -0.378 e. The standard InChI is InChI=1S/C25H20N4O/c1-29(2)22-10-3-17(4-11-22)13-21(15-26)19-7-5-18(6-8-19)20-9-12-23-24(14-20)27-16-25(30)28-23/h3-14,16H,1-2H3,(H,28,30). The lowest BCUT2D eigenvalue weighted by atomic mass is 9.99. The van der Waals surface area contributed by atoms with Crippen LogP contribution in [-0.2, 0) is 0 Å². The molecule has 0 aliphatic rings. The van der Waals surface area contributed by atoms with Gasteiger partial charge in [-0.2, -0.15) is 5.26 Å². The molecule has 0 spiro atoms. The second kappa shape index (κ2) is 8.06. The van der Waals surface area contributed by atoms with Crippen LogP contribution in [0.2, 0.25) is 0 Å². The smallest absolute Gasteiger partial charge is 0.266 e. The number of nitrogens with one attached hydrogen (secondary N) is 1. The normalized spacial score (nSPS) is 11.3. The van der Waals surface area contributed by atoms with E-state index in [0.717, 1.165) is 33.5 Å². The van der Waals surface area contributed by atoms with Gasteiger partial charge in [0.05, 0.1) is 28.9 Å². The summed E-state index contributed by atoms with van der Waals surface area (Å²) in [5.41, 5.74) is 6.80. The molecule has 146 valence electrons. The summed E-state index contributed by atoms with van der Waals surface area (Å²) in [6, 6.07) is 24.0. The molecule has 5 heteroatoms. The molecule has 1 heterocycles. The van der Waals surface area contributed by atoms with Crippen LogP contribution in [0.4, 0.5) is 5.69 Å². The predicted octanol–water partition coefficient (Wildman–Crippen LogP) is 4.72. The van der Waals surface area contributed by atoms with E-state index < -0.39 is 0 Å². The number of nitriles is 1. The van der Waals surface area contributed by atoms with Crippen LogP contribution in [0, 0.1) is 11.3 Å². The highest BCUT2D eigenvalue weighted by Crippen LogP contribution is 2.25. The summed E-state index contributed by atoms with van der Waals surface area (Å²) in [5.74, 6) is 0. The van der Waals surface area contributed by atoms with Gasteiger partial charge in [0, 0.05) is 19.8 Å². The number of fused-ring (bicyclic) bond motifs is 1. The largest absolute Gasteiger partial charge is 0.378 e. The van der Waals surface area contributed by atoms with Gasteiger partial charge in [0.1, 0.15) is 0 Å². The van der Waals surface area contributed by atoms with Crippen LogP contribution in [0.15, 0.2) is 77.7 Å². The molecule has 0 aliphatic heterocycles. The molecule has 0 bridgehead atoms. The number of anilines is 1. The number of benzene rings is 3. The minimum absolute atomic E-state index is 0.216. The van der Waals surface area contributed by atoms with Gasteiger partial charge in [-0.15, -0.1) is 0 Å². The number of aromatic amines is 1. The lowest BCUT2D eigenvalue weighted by molar-refractivity contribution is 1.13. The molecule has 30 heavy (non-hydrogen) atoms. The molecule has 0 saturated carbocycles. The number of rotatable bonds is 4. The first-order valence-electron chi connectivity index (χ1n) is 9.52. The van der Waals surface area contributed by atoms with Gasteiger partial charge in [-0.05, 0) is 52.6 Å². The van der Waals surface area contributed by atoms with E-state index in [2.05, 4.69) is 16.0 Å². The number of hydrogen-bond donors (Lipinski definition) is 1. The quantitative estimate of drug-likeness (QED) is 0.403. The lowest BCUT2D eigenvalue weighted by Crippen LogP contribution is -2.07. The number of allylic oxidation sites excluding steroid dienone is 1. The Morgan fingerprint density at radius 3 is 2.37 bits per heavy atom. The molecule has 4 rings (SSSR count). The van der Waals surface area contributed by atoms with Crippen LogP contribution >= 0.6 is 0 Å². The van der Waals surface area contributed by atoms with Crippen LogP contribution in [0.1, 0.15) is 11.1 Å². The van der Waals surface area contributed by atoms with Gasteiger partial charge < -0.3 is 9.88 Å². The molecule has 0 unspecified atom stereocenters. The van der Waals surface area contributed by atoms with E-state index in [4.69, 9.17) is 0 Å². The first-order valence-corrected chi connectivity index (χ1v) is 9.52. The Hall–Kier alpha value is -4.17. The molecule has 0 radical (unpaired) electrons. The fourth-order valence-electron chi connectivity index (χ4n) is 3.27. The van der Waals surface area contributed by atoms with Gasteiger partial charge in [0.2, 0.25) is 0 Å². The van der Waals surface area contributed by atoms with Crippen molar-refractivity contribution in [1.29, 1.82) is 5.26 Å². The summed E-state index contributed by atoms with van der Waals surface area (Å²) < 4.78 is 0. The molecule has 0 fully saturated rings. The van der Waals surface area contributed by atoms with Crippen molar-refractivity contribution < 1.29 is 0 Å². The molecular weight excluding hydrogens is 372 g/mol. The highest BCUT2D eigenvalue weighted by molar-refractivity contribution is 5.90. The van der Waals surface area contributed by atoms with Crippen molar-refractivity contribution in [3.63, 3.8) is 0 Å². The van der Waals surface area contributed by atoms with Crippen molar-refractivity contribution in [3.05, 3.63) is 94.4 Å². The van der Waals surface area contributed by atoms with Crippen molar-refractivity contribution in [2.75, 3.05) is 19.0 Å². The third kappa shape index (κ3) is 3.98. The Morgan fingerprint density at radius 2 is 1.70 bits per heavy atom. The maximum atomic E-state index is 11.4. The number of nitrogens with zero attached hydrogens (tertiary/aromatic N) is 3. The second-order valence-corrected chi connectivity index (χ2v) is 7.21. The zero-order valence-electron chi connectivity index (χ0n) is 16.8. The van der Waals surface area contributed by atoms with E-state index in [1.165, 1.54) is 6.20 Å². The van der Waals surface area contributed by atoms with Crippen molar-refractivity contribution in [1.82, 2.24) is 9.97 Å². The minimum atomic E-state index is -0.216. The maximum Gasteiger partial charge on any atom is 0.266 e. The average molecular weight is 392 g/mol. The molecule has 0 saturated heterocycles. The molecule has 3 aromatic carbocycles. The highest BCUT2D eigenvalue weighted by atomic mass is 16.1. The molecule has 4 aromatic rings. The molecule has 1 aromatic heterocycles. The summed E-state index contributed by atoms with van der Waals surface area (Å²) in [7, 11) is 4.00. The van der Waals surface area contributed by atoms with Gasteiger partial charge in [-0.1, -0.05) is 42.5 Å². The van der Waals surface area contributed by atoms with Crippen LogP contribution in [0.3, 0.4) is 0 Å². The monoisotopic (exact) mass is 392 g/mol. The van der Waals surface area contributed by atoms with Crippen LogP contribution < -0.4 is 10.5 Å². The van der Waals surface area contributed by atoms with Gasteiger partial charge >= 0.3 is 0 Å². The molecular formula is C25H20N4O. The summed E-state index contributed by atoms with van der Waals surface area (Å²) in [4.78, 5) is 20.4. The van der Waals surface area contributed by atoms with Gasteiger partial charge in [0.25, 0.3) is 5.56 Å². The first-order chi connectivity index (χ1) is 14.5. The van der Waals surface area contributed by atoms with Crippen LogP contribution in [0.5, 0.6) is 0 Å². The summed E-state index contributed by atoms with van der Waals surface area (Å²) >= 11 is 0. The Bertz CT molecular complexity index is 1320. The molecule has 0 aliphatic carbocycles. The summed E-state index contributed by atoms with van der Waals surface area (Å²) in [5, 5.41) is 9.65. The molecule has 5 nitrogen and oxygen atoms in total. The maximum absolute atomic E-state index is 11.4. The second-order valence-electron chi connectivity index (χ2n) is 7.21. The molecule has 0 amide bonds. The fraction of sp³-hybridized carbons (Fsp3) is 0.0800. The summed E-state index contributed by atoms with van der Waals surface area (Å²) in [6.45, 7) is 0. The Kier molecular flexibility index (Phi) is 5.15. The highest BCUT2D eigenvalue weighted by Gasteiger charge is 2.05. The lowest BCUT2D eigenvalue weighted by Gasteiger charge is -2.12. The van der Waals surface area contributed by atoms with Gasteiger partial charge in [0.15, 0.2) is 0 Å². The third-order valence-corrected chi connectivity index (χ3v) is 4.95. The van der Waals surface area contributed by atoms with Crippen molar-refractivity contribution in [2.45, 2.75) is 0 Å². The van der Waals surface area contributed by atoms with E-state index in [9.17, 15) is 10.1 Å². The Balaban J connectivity index is 1.62.